The Balaban J connectivity index is 2.45. The van der Waals surface area contributed by atoms with Crippen molar-refractivity contribution in [3.05, 3.63) is 0 Å². The van der Waals surface area contributed by atoms with E-state index in [0.29, 0.717) is 11.8 Å². The number of rotatable bonds is 0. The summed E-state index contributed by atoms with van der Waals surface area (Å²) in [7, 11) is 2.12. The van der Waals surface area contributed by atoms with Crippen molar-refractivity contribution >= 4 is 0 Å². The van der Waals surface area contributed by atoms with Crippen LogP contribution in [0, 0.1) is 23.2 Å². The summed E-state index contributed by atoms with van der Waals surface area (Å²) in [4.78, 5) is 2.29. The molecular formula is C8H14N2. The lowest BCUT2D eigenvalue weighted by molar-refractivity contribution is 0.185. The van der Waals surface area contributed by atoms with Crippen LogP contribution >= 0.6 is 0 Å². The molecule has 56 valence electrons. The fourth-order valence-corrected chi connectivity index (χ4v) is 1.55. The molecule has 0 aliphatic carbocycles. The SMILES string of the molecule is C[C@H]1CN(C)CC[C@@H]1C#N. The molecule has 0 amide bonds. The van der Waals surface area contributed by atoms with E-state index in [1.54, 1.807) is 0 Å². The van der Waals surface area contributed by atoms with E-state index in [1.165, 1.54) is 0 Å². The summed E-state index contributed by atoms with van der Waals surface area (Å²) in [6.45, 7) is 4.32. The van der Waals surface area contributed by atoms with Gasteiger partial charge in [0.15, 0.2) is 0 Å². The van der Waals surface area contributed by atoms with Gasteiger partial charge in [-0.3, -0.25) is 0 Å². The van der Waals surface area contributed by atoms with E-state index in [9.17, 15) is 0 Å². The van der Waals surface area contributed by atoms with Crippen LogP contribution in [0.15, 0.2) is 0 Å². The van der Waals surface area contributed by atoms with E-state index in [1.807, 2.05) is 0 Å². The second-order valence-electron chi connectivity index (χ2n) is 3.26. The lowest BCUT2D eigenvalue weighted by Gasteiger charge is -2.30. The molecule has 0 bridgehead atoms. The lowest BCUT2D eigenvalue weighted by atomic mass is 9.88. The van der Waals surface area contributed by atoms with Gasteiger partial charge in [-0.1, -0.05) is 6.92 Å². The summed E-state index contributed by atoms with van der Waals surface area (Å²) in [5.74, 6) is 0.861. The highest BCUT2D eigenvalue weighted by Crippen LogP contribution is 2.20. The minimum absolute atomic E-state index is 0.302. The third-order valence-electron chi connectivity index (χ3n) is 2.27. The van der Waals surface area contributed by atoms with Gasteiger partial charge in [-0.05, 0) is 25.9 Å². The first kappa shape index (κ1) is 7.56. The zero-order valence-electron chi connectivity index (χ0n) is 6.67. The van der Waals surface area contributed by atoms with E-state index in [-0.39, 0.29) is 0 Å². The number of hydrogen-bond donors (Lipinski definition) is 0. The van der Waals surface area contributed by atoms with E-state index < -0.39 is 0 Å². The Morgan fingerprint density at radius 2 is 2.30 bits per heavy atom. The minimum Gasteiger partial charge on any atom is -0.306 e. The van der Waals surface area contributed by atoms with Crippen LogP contribution in [0.3, 0.4) is 0 Å². The molecule has 0 N–H and O–H groups in total. The smallest absolute Gasteiger partial charge is 0.0659 e. The second-order valence-corrected chi connectivity index (χ2v) is 3.26. The maximum Gasteiger partial charge on any atom is 0.0659 e. The first-order chi connectivity index (χ1) is 4.74. The highest BCUT2D eigenvalue weighted by atomic mass is 15.1. The number of nitrogens with zero attached hydrogens (tertiary/aromatic N) is 2. The summed E-state index contributed by atoms with van der Waals surface area (Å²) in [6, 6.07) is 2.35. The van der Waals surface area contributed by atoms with Crippen LogP contribution < -0.4 is 0 Å². The molecule has 0 unspecified atom stereocenters. The summed E-state index contributed by atoms with van der Waals surface area (Å²) in [6.07, 6.45) is 1.05. The predicted octanol–water partition coefficient (Wildman–Crippen LogP) is 1.10. The van der Waals surface area contributed by atoms with Crippen molar-refractivity contribution in [2.45, 2.75) is 13.3 Å². The Morgan fingerprint density at radius 1 is 1.60 bits per heavy atom. The molecule has 1 rings (SSSR count). The standard InChI is InChI=1S/C8H14N2/c1-7-6-10(2)4-3-8(7)5-9/h7-8H,3-4,6H2,1-2H3/t7-,8+/m0/s1. The van der Waals surface area contributed by atoms with Crippen molar-refractivity contribution in [1.82, 2.24) is 4.90 Å². The molecule has 0 radical (unpaired) electrons. The minimum atomic E-state index is 0.302. The van der Waals surface area contributed by atoms with Gasteiger partial charge in [0.1, 0.15) is 0 Å². The fraction of sp³-hybridized carbons (Fsp3) is 0.875. The van der Waals surface area contributed by atoms with Crippen LogP contribution in [-0.2, 0) is 0 Å². The zero-order chi connectivity index (χ0) is 7.56. The van der Waals surface area contributed by atoms with Gasteiger partial charge in [0.25, 0.3) is 0 Å². The summed E-state index contributed by atoms with van der Waals surface area (Å²) < 4.78 is 0. The van der Waals surface area contributed by atoms with E-state index in [4.69, 9.17) is 5.26 Å². The first-order valence-corrected chi connectivity index (χ1v) is 3.82. The molecule has 1 aliphatic rings. The zero-order valence-corrected chi connectivity index (χ0v) is 6.67. The molecule has 2 atom stereocenters. The number of nitriles is 1. The van der Waals surface area contributed by atoms with Crippen molar-refractivity contribution in [3.63, 3.8) is 0 Å². The van der Waals surface area contributed by atoms with E-state index in [0.717, 1.165) is 19.5 Å². The summed E-state index contributed by atoms with van der Waals surface area (Å²) >= 11 is 0. The number of piperidine rings is 1. The van der Waals surface area contributed by atoms with Crippen LogP contribution in [0.25, 0.3) is 0 Å². The van der Waals surface area contributed by atoms with Gasteiger partial charge in [-0.2, -0.15) is 5.26 Å². The normalized spacial score (nSPS) is 35.3. The molecule has 1 aliphatic heterocycles. The average molecular weight is 138 g/mol. The van der Waals surface area contributed by atoms with Crippen LogP contribution in [0.5, 0.6) is 0 Å². The quantitative estimate of drug-likeness (QED) is 0.501. The van der Waals surface area contributed by atoms with Crippen LogP contribution in [-0.4, -0.2) is 25.0 Å². The molecular weight excluding hydrogens is 124 g/mol. The molecule has 0 aromatic carbocycles. The fourth-order valence-electron chi connectivity index (χ4n) is 1.55. The van der Waals surface area contributed by atoms with Crippen LogP contribution in [0.2, 0.25) is 0 Å². The van der Waals surface area contributed by atoms with Crippen molar-refractivity contribution in [1.29, 1.82) is 5.26 Å². The monoisotopic (exact) mass is 138 g/mol. The molecule has 2 nitrogen and oxygen atoms in total. The van der Waals surface area contributed by atoms with Crippen molar-refractivity contribution < 1.29 is 0 Å². The van der Waals surface area contributed by atoms with Gasteiger partial charge in [0, 0.05) is 6.54 Å². The molecule has 0 aromatic heterocycles. The lowest BCUT2D eigenvalue weighted by Crippen LogP contribution is -2.35. The number of likely N-dealkylation sites (tertiary alicyclic amines) is 1. The van der Waals surface area contributed by atoms with Gasteiger partial charge in [0.2, 0.25) is 0 Å². The van der Waals surface area contributed by atoms with Crippen LogP contribution in [0.1, 0.15) is 13.3 Å². The van der Waals surface area contributed by atoms with Gasteiger partial charge >= 0.3 is 0 Å². The Morgan fingerprint density at radius 3 is 2.80 bits per heavy atom. The van der Waals surface area contributed by atoms with Crippen LogP contribution in [0.4, 0.5) is 0 Å². The summed E-state index contributed by atoms with van der Waals surface area (Å²) in [5.41, 5.74) is 0. The van der Waals surface area contributed by atoms with E-state index in [2.05, 4.69) is 24.9 Å². The maximum absolute atomic E-state index is 8.68. The Labute approximate surface area is 62.4 Å². The Kier molecular flexibility index (Phi) is 2.29. The predicted molar refractivity (Wildman–Crippen MR) is 40.4 cm³/mol. The molecule has 1 heterocycles. The molecule has 0 saturated carbocycles. The van der Waals surface area contributed by atoms with Gasteiger partial charge < -0.3 is 4.90 Å². The second kappa shape index (κ2) is 3.03. The van der Waals surface area contributed by atoms with Crippen molar-refractivity contribution in [2.75, 3.05) is 20.1 Å². The van der Waals surface area contributed by atoms with Crippen molar-refractivity contribution in [3.8, 4) is 6.07 Å². The molecule has 1 saturated heterocycles. The highest BCUT2D eigenvalue weighted by Gasteiger charge is 2.23. The Hall–Kier alpha value is -0.550. The molecule has 10 heavy (non-hydrogen) atoms. The first-order valence-electron chi connectivity index (χ1n) is 3.82. The highest BCUT2D eigenvalue weighted by molar-refractivity contribution is 4.90. The average Bonchev–Trinajstić information content (AvgIpc) is 1.88. The molecule has 2 heteroatoms. The molecule has 0 spiro atoms. The molecule has 1 fully saturated rings. The van der Waals surface area contributed by atoms with Gasteiger partial charge in [-0.15, -0.1) is 0 Å². The third-order valence-corrected chi connectivity index (χ3v) is 2.27. The Bertz CT molecular complexity index is 148. The van der Waals surface area contributed by atoms with Gasteiger partial charge in [0.05, 0.1) is 12.0 Å². The largest absolute Gasteiger partial charge is 0.306 e. The summed E-state index contributed by atoms with van der Waals surface area (Å²) in [5, 5.41) is 8.68. The van der Waals surface area contributed by atoms with Gasteiger partial charge in [-0.25, -0.2) is 0 Å². The maximum atomic E-state index is 8.68. The third kappa shape index (κ3) is 1.48. The molecule has 0 aromatic rings. The van der Waals surface area contributed by atoms with Crippen molar-refractivity contribution in [2.24, 2.45) is 11.8 Å². The number of hydrogen-bond acceptors (Lipinski definition) is 2. The topological polar surface area (TPSA) is 27.0 Å². The van der Waals surface area contributed by atoms with E-state index >= 15 is 0 Å².